The fourth-order valence-corrected chi connectivity index (χ4v) is 1.76. The highest BCUT2D eigenvalue weighted by atomic mass is 32.2. The highest BCUT2D eigenvalue weighted by Crippen LogP contribution is 2.19. The molecule has 5 heteroatoms. The van der Waals surface area contributed by atoms with Gasteiger partial charge in [-0.15, -0.1) is 0 Å². The molecule has 66 valence electrons. The molecule has 0 spiro atoms. The van der Waals surface area contributed by atoms with Crippen molar-refractivity contribution in [1.82, 2.24) is 0 Å². The lowest BCUT2D eigenvalue weighted by Gasteiger charge is -2.14. The van der Waals surface area contributed by atoms with Crippen LogP contribution < -0.4 is 0 Å². The summed E-state index contributed by atoms with van der Waals surface area (Å²) >= 11 is 0. The number of ether oxygens (including phenoxy) is 1. The zero-order chi connectivity index (χ0) is 8.48. The molecule has 0 aromatic carbocycles. The van der Waals surface area contributed by atoms with Crippen LogP contribution in [0.5, 0.6) is 0 Å². The molecule has 1 aliphatic heterocycles. The summed E-state index contributed by atoms with van der Waals surface area (Å²) in [5.74, 6) is 0. The average molecular weight is 180 g/mol. The molecule has 0 saturated carbocycles. The lowest BCUT2D eigenvalue weighted by atomic mass is 10.2. The van der Waals surface area contributed by atoms with Gasteiger partial charge in [0.2, 0.25) is 0 Å². The van der Waals surface area contributed by atoms with Crippen molar-refractivity contribution in [2.24, 2.45) is 0 Å². The molecule has 2 atom stereocenters. The molecular weight excluding hydrogens is 168 g/mol. The van der Waals surface area contributed by atoms with Crippen LogP contribution in [0.15, 0.2) is 0 Å². The molecule has 1 fully saturated rings. The normalized spacial score (nSPS) is 28.7. The molecule has 1 rings (SSSR count). The van der Waals surface area contributed by atoms with Gasteiger partial charge in [0.15, 0.2) is 0 Å². The summed E-state index contributed by atoms with van der Waals surface area (Å²) < 4.78 is 34.9. The third-order valence-corrected chi connectivity index (χ3v) is 3.20. The van der Waals surface area contributed by atoms with E-state index in [1.54, 1.807) is 0 Å². The Hall–Kier alpha value is -0.130. The van der Waals surface area contributed by atoms with Crippen molar-refractivity contribution in [1.29, 1.82) is 0 Å². The van der Waals surface area contributed by atoms with Gasteiger partial charge in [-0.1, -0.05) is 0 Å². The van der Waals surface area contributed by atoms with Crippen molar-refractivity contribution in [2.45, 2.75) is 31.1 Å². The van der Waals surface area contributed by atoms with E-state index in [4.69, 9.17) is 9.29 Å². The van der Waals surface area contributed by atoms with Gasteiger partial charge in [0.25, 0.3) is 10.1 Å². The molecule has 1 N–H and O–H groups in total. The summed E-state index contributed by atoms with van der Waals surface area (Å²) in [7, 11) is -3.91. The minimum atomic E-state index is -3.91. The molecule has 11 heavy (non-hydrogen) atoms. The van der Waals surface area contributed by atoms with E-state index >= 15 is 0 Å². The van der Waals surface area contributed by atoms with Crippen LogP contribution >= 0.6 is 0 Å². The predicted octanol–water partition coefficient (Wildman–Crippen LogP) is 0.442. The molecule has 2 unspecified atom stereocenters. The Labute approximate surface area is 66.3 Å². The van der Waals surface area contributed by atoms with E-state index in [0.717, 1.165) is 12.8 Å². The van der Waals surface area contributed by atoms with Crippen molar-refractivity contribution >= 4 is 10.1 Å². The second-order valence-electron chi connectivity index (χ2n) is 2.77. The SMILES string of the molecule is CC(C1CCCO1)S(=O)(=O)O. The number of hydrogen-bond acceptors (Lipinski definition) is 3. The van der Waals surface area contributed by atoms with Gasteiger partial charge in [0.1, 0.15) is 5.25 Å². The van der Waals surface area contributed by atoms with Gasteiger partial charge in [-0.2, -0.15) is 8.42 Å². The van der Waals surface area contributed by atoms with Gasteiger partial charge < -0.3 is 4.74 Å². The Morgan fingerprint density at radius 1 is 1.64 bits per heavy atom. The minimum absolute atomic E-state index is 0.315. The summed E-state index contributed by atoms with van der Waals surface area (Å²) in [6, 6.07) is 0. The van der Waals surface area contributed by atoms with E-state index in [1.807, 2.05) is 0 Å². The lowest BCUT2D eigenvalue weighted by Crippen LogP contribution is -2.30. The largest absolute Gasteiger partial charge is 0.377 e. The zero-order valence-electron chi connectivity index (χ0n) is 6.36. The van der Waals surface area contributed by atoms with Crippen molar-refractivity contribution in [3.63, 3.8) is 0 Å². The van der Waals surface area contributed by atoms with Crippen LogP contribution in [0.3, 0.4) is 0 Å². The van der Waals surface area contributed by atoms with Crippen LogP contribution in [0.2, 0.25) is 0 Å². The van der Waals surface area contributed by atoms with Gasteiger partial charge in [0.05, 0.1) is 6.10 Å². The highest BCUT2D eigenvalue weighted by molar-refractivity contribution is 7.86. The van der Waals surface area contributed by atoms with E-state index in [1.165, 1.54) is 6.92 Å². The first kappa shape index (κ1) is 8.96. The lowest BCUT2D eigenvalue weighted by molar-refractivity contribution is 0.108. The van der Waals surface area contributed by atoms with E-state index in [2.05, 4.69) is 0 Å². The topological polar surface area (TPSA) is 63.6 Å². The van der Waals surface area contributed by atoms with E-state index in [9.17, 15) is 8.42 Å². The molecule has 0 radical (unpaired) electrons. The summed E-state index contributed by atoms with van der Waals surface area (Å²) in [6.45, 7) is 2.07. The molecule has 0 aromatic rings. The van der Waals surface area contributed by atoms with Gasteiger partial charge in [0, 0.05) is 6.61 Å². The smallest absolute Gasteiger partial charge is 0.270 e. The second kappa shape index (κ2) is 3.08. The van der Waals surface area contributed by atoms with Crippen molar-refractivity contribution in [2.75, 3.05) is 6.61 Å². The molecular formula is C6H12O4S. The Morgan fingerprint density at radius 2 is 2.27 bits per heavy atom. The maximum atomic E-state index is 10.6. The fourth-order valence-electron chi connectivity index (χ4n) is 1.16. The van der Waals surface area contributed by atoms with Crippen LogP contribution in [-0.4, -0.2) is 30.9 Å². The van der Waals surface area contributed by atoms with Gasteiger partial charge in [-0.3, -0.25) is 4.55 Å². The molecule has 0 aliphatic carbocycles. The molecule has 1 aliphatic rings. The minimum Gasteiger partial charge on any atom is -0.377 e. The van der Waals surface area contributed by atoms with Crippen molar-refractivity contribution in [3.05, 3.63) is 0 Å². The van der Waals surface area contributed by atoms with Gasteiger partial charge in [-0.05, 0) is 19.8 Å². The van der Waals surface area contributed by atoms with Crippen LogP contribution in [0.4, 0.5) is 0 Å². The third kappa shape index (κ3) is 2.15. The van der Waals surface area contributed by atoms with Gasteiger partial charge >= 0.3 is 0 Å². The third-order valence-electron chi connectivity index (χ3n) is 1.96. The maximum Gasteiger partial charge on any atom is 0.270 e. The van der Waals surface area contributed by atoms with Crippen LogP contribution in [0.25, 0.3) is 0 Å². The van der Waals surface area contributed by atoms with E-state index in [0.29, 0.717) is 6.61 Å². The first-order valence-corrected chi connectivity index (χ1v) is 5.10. The first-order valence-electron chi connectivity index (χ1n) is 3.59. The van der Waals surface area contributed by atoms with Crippen LogP contribution in [0.1, 0.15) is 19.8 Å². The molecule has 1 saturated heterocycles. The number of rotatable bonds is 2. The maximum absolute atomic E-state index is 10.6. The average Bonchev–Trinajstić information content (AvgIpc) is 2.34. The van der Waals surface area contributed by atoms with Crippen LogP contribution in [-0.2, 0) is 14.9 Å². The monoisotopic (exact) mass is 180 g/mol. The summed E-state index contributed by atoms with van der Waals surface area (Å²) in [5, 5.41) is -0.787. The van der Waals surface area contributed by atoms with Crippen LogP contribution in [0, 0.1) is 0 Å². The summed E-state index contributed by atoms with van der Waals surface area (Å²) in [4.78, 5) is 0. The van der Waals surface area contributed by atoms with Gasteiger partial charge in [-0.25, -0.2) is 0 Å². The predicted molar refractivity (Wildman–Crippen MR) is 40.0 cm³/mol. The quantitative estimate of drug-likeness (QED) is 0.626. The Kier molecular flexibility index (Phi) is 2.51. The fraction of sp³-hybridized carbons (Fsp3) is 1.00. The second-order valence-corrected chi connectivity index (χ2v) is 4.55. The summed E-state index contributed by atoms with van der Waals surface area (Å²) in [5.41, 5.74) is 0. The molecule has 0 amide bonds. The molecule has 0 bridgehead atoms. The molecule has 4 nitrogen and oxygen atoms in total. The van der Waals surface area contributed by atoms with E-state index in [-0.39, 0.29) is 6.10 Å². The Bertz CT molecular complexity index is 215. The Balaban J connectivity index is 2.60. The van der Waals surface area contributed by atoms with E-state index < -0.39 is 15.4 Å². The number of hydrogen-bond donors (Lipinski definition) is 1. The Morgan fingerprint density at radius 3 is 2.64 bits per heavy atom. The van der Waals surface area contributed by atoms with Crippen molar-refractivity contribution < 1.29 is 17.7 Å². The summed E-state index contributed by atoms with van der Waals surface area (Å²) in [6.07, 6.45) is 1.29. The van der Waals surface area contributed by atoms with Crippen molar-refractivity contribution in [3.8, 4) is 0 Å². The highest BCUT2D eigenvalue weighted by Gasteiger charge is 2.30. The molecule has 0 aromatic heterocycles. The first-order chi connectivity index (χ1) is 5.02. The zero-order valence-corrected chi connectivity index (χ0v) is 7.17. The molecule has 1 heterocycles. The standard InChI is InChI=1S/C6H12O4S/c1-5(11(7,8)9)6-3-2-4-10-6/h5-6H,2-4H2,1H3,(H,7,8,9).